The third kappa shape index (κ3) is 2.88. The molecule has 0 aromatic heterocycles. The molecule has 1 N–H and O–H groups in total. The lowest BCUT2D eigenvalue weighted by Gasteiger charge is -2.09. The number of anilines is 2. The van der Waals surface area contributed by atoms with Crippen molar-refractivity contribution < 1.29 is 0 Å². The summed E-state index contributed by atoms with van der Waals surface area (Å²) in [4.78, 5) is 0. The molecule has 0 aliphatic carbocycles. The molecule has 0 heterocycles. The number of benzene rings is 2. The van der Waals surface area contributed by atoms with Gasteiger partial charge in [0.1, 0.15) is 6.07 Å². The fourth-order valence-electron chi connectivity index (χ4n) is 1.52. The Morgan fingerprint density at radius 3 is 2.28 bits per heavy atom. The van der Waals surface area contributed by atoms with Gasteiger partial charge in [-0.1, -0.05) is 40.9 Å². The molecular weight excluding hydrogens is 291 g/mol. The maximum Gasteiger partial charge on any atom is 0.103 e. The summed E-state index contributed by atoms with van der Waals surface area (Å²) in [6.45, 7) is 0. The van der Waals surface area contributed by atoms with Crippen LogP contribution in [0.2, 0.25) is 15.1 Å². The fourth-order valence-corrected chi connectivity index (χ4v) is 2.27. The molecule has 0 amide bonds. The number of nitrogens with one attached hydrogen (secondary N) is 1. The Balaban J connectivity index is 2.40. The smallest absolute Gasteiger partial charge is 0.103 e. The highest BCUT2D eigenvalue weighted by molar-refractivity contribution is 6.35. The van der Waals surface area contributed by atoms with Crippen LogP contribution in [0.1, 0.15) is 5.56 Å². The predicted molar refractivity (Wildman–Crippen MR) is 75.9 cm³/mol. The first kappa shape index (κ1) is 13.0. The van der Waals surface area contributed by atoms with E-state index in [1.54, 1.807) is 36.4 Å². The summed E-state index contributed by atoms with van der Waals surface area (Å²) in [5.41, 5.74) is 1.70. The van der Waals surface area contributed by atoms with Gasteiger partial charge >= 0.3 is 0 Å². The minimum absolute atomic E-state index is 0.385. The Kier molecular flexibility index (Phi) is 3.98. The fraction of sp³-hybridized carbons (Fsp3) is 0. The average molecular weight is 298 g/mol. The Hall–Kier alpha value is -1.40. The van der Waals surface area contributed by atoms with Gasteiger partial charge in [-0.3, -0.25) is 0 Å². The molecule has 0 bridgehead atoms. The van der Waals surface area contributed by atoms with E-state index in [1.807, 2.05) is 0 Å². The van der Waals surface area contributed by atoms with Crippen LogP contribution < -0.4 is 5.32 Å². The van der Waals surface area contributed by atoms with E-state index in [9.17, 15) is 0 Å². The van der Waals surface area contributed by atoms with Crippen molar-refractivity contribution in [2.24, 2.45) is 0 Å². The second-order valence-corrected chi connectivity index (χ2v) is 4.84. The first-order chi connectivity index (χ1) is 8.60. The van der Waals surface area contributed by atoms with Crippen LogP contribution in [0.15, 0.2) is 36.4 Å². The summed E-state index contributed by atoms with van der Waals surface area (Å²) in [6, 6.07) is 12.3. The third-order valence-electron chi connectivity index (χ3n) is 2.27. The van der Waals surface area contributed by atoms with Gasteiger partial charge in [-0.15, -0.1) is 0 Å². The second kappa shape index (κ2) is 5.49. The molecule has 2 nitrogen and oxygen atoms in total. The Morgan fingerprint density at radius 2 is 1.67 bits per heavy atom. The standard InChI is InChI=1S/C13H7Cl3N2/c14-8-4-9(15)6-10(5-8)18-13-3-1-2-12(16)11(13)7-17/h1-6,18H. The topological polar surface area (TPSA) is 35.8 Å². The molecule has 0 saturated carbocycles. The van der Waals surface area contributed by atoms with Gasteiger partial charge in [0.25, 0.3) is 0 Å². The summed E-state index contributed by atoms with van der Waals surface area (Å²) in [5.74, 6) is 0. The molecule has 2 aromatic rings. The lowest BCUT2D eigenvalue weighted by molar-refractivity contribution is 1.46. The first-order valence-electron chi connectivity index (χ1n) is 5.02. The molecule has 5 heteroatoms. The van der Waals surface area contributed by atoms with Crippen molar-refractivity contribution in [3.05, 3.63) is 57.0 Å². The van der Waals surface area contributed by atoms with Gasteiger partial charge in [-0.05, 0) is 30.3 Å². The van der Waals surface area contributed by atoms with E-state index < -0.39 is 0 Å². The number of halogens is 3. The van der Waals surface area contributed by atoms with Gasteiger partial charge in [-0.2, -0.15) is 5.26 Å². The molecule has 0 spiro atoms. The van der Waals surface area contributed by atoms with Gasteiger partial charge in [0.2, 0.25) is 0 Å². The lowest BCUT2D eigenvalue weighted by atomic mass is 10.2. The van der Waals surface area contributed by atoms with E-state index >= 15 is 0 Å². The highest BCUT2D eigenvalue weighted by Gasteiger charge is 2.07. The van der Waals surface area contributed by atoms with Crippen LogP contribution >= 0.6 is 34.8 Å². The number of nitriles is 1. The van der Waals surface area contributed by atoms with Crippen LogP contribution in [0.3, 0.4) is 0 Å². The zero-order chi connectivity index (χ0) is 13.1. The molecule has 0 atom stereocenters. The van der Waals surface area contributed by atoms with Crippen molar-refractivity contribution in [3.63, 3.8) is 0 Å². The van der Waals surface area contributed by atoms with Crippen LogP contribution in [0.25, 0.3) is 0 Å². The van der Waals surface area contributed by atoms with Crippen molar-refractivity contribution in [1.82, 2.24) is 0 Å². The molecule has 0 unspecified atom stereocenters. The van der Waals surface area contributed by atoms with Crippen LogP contribution in [0, 0.1) is 11.3 Å². The minimum Gasteiger partial charge on any atom is -0.354 e. The second-order valence-electron chi connectivity index (χ2n) is 3.56. The van der Waals surface area contributed by atoms with Crippen molar-refractivity contribution in [2.45, 2.75) is 0 Å². The van der Waals surface area contributed by atoms with Crippen LogP contribution in [-0.2, 0) is 0 Å². The molecule has 0 aliphatic rings. The van der Waals surface area contributed by atoms with E-state index in [0.717, 1.165) is 0 Å². The van der Waals surface area contributed by atoms with E-state index in [2.05, 4.69) is 11.4 Å². The Morgan fingerprint density at radius 1 is 1.00 bits per heavy atom. The van der Waals surface area contributed by atoms with Gasteiger partial charge in [0, 0.05) is 15.7 Å². The van der Waals surface area contributed by atoms with Crippen LogP contribution in [0.4, 0.5) is 11.4 Å². The van der Waals surface area contributed by atoms with Crippen LogP contribution in [-0.4, -0.2) is 0 Å². The Bertz CT molecular complexity index is 612. The van der Waals surface area contributed by atoms with Crippen molar-refractivity contribution in [3.8, 4) is 6.07 Å². The molecule has 0 saturated heterocycles. The summed E-state index contributed by atoms with van der Waals surface area (Å²) >= 11 is 17.8. The van der Waals surface area contributed by atoms with Crippen LogP contribution in [0.5, 0.6) is 0 Å². The average Bonchev–Trinajstić information content (AvgIpc) is 2.27. The summed E-state index contributed by atoms with van der Waals surface area (Å²) in [7, 11) is 0. The zero-order valence-corrected chi connectivity index (χ0v) is 11.3. The molecular formula is C13H7Cl3N2. The largest absolute Gasteiger partial charge is 0.354 e. The molecule has 0 fully saturated rings. The first-order valence-corrected chi connectivity index (χ1v) is 6.15. The van der Waals surface area contributed by atoms with Crippen molar-refractivity contribution in [1.29, 1.82) is 5.26 Å². The summed E-state index contributed by atoms with van der Waals surface area (Å²) in [5, 5.41) is 13.6. The van der Waals surface area contributed by atoms with E-state index in [-0.39, 0.29) is 0 Å². The quantitative estimate of drug-likeness (QED) is 0.820. The molecule has 0 radical (unpaired) electrons. The highest BCUT2D eigenvalue weighted by Crippen LogP contribution is 2.29. The monoisotopic (exact) mass is 296 g/mol. The molecule has 2 rings (SSSR count). The maximum atomic E-state index is 9.06. The predicted octanol–water partition coefficient (Wildman–Crippen LogP) is 5.26. The minimum atomic E-state index is 0.385. The summed E-state index contributed by atoms with van der Waals surface area (Å²) in [6.07, 6.45) is 0. The number of hydrogen-bond donors (Lipinski definition) is 1. The van der Waals surface area contributed by atoms with Gasteiger partial charge in [-0.25, -0.2) is 0 Å². The van der Waals surface area contributed by atoms with Crippen molar-refractivity contribution >= 4 is 46.2 Å². The van der Waals surface area contributed by atoms with E-state index in [4.69, 9.17) is 40.1 Å². The van der Waals surface area contributed by atoms with E-state index in [1.165, 1.54) is 0 Å². The number of nitrogens with zero attached hydrogens (tertiary/aromatic N) is 1. The normalized spacial score (nSPS) is 9.89. The Labute approximate surface area is 120 Å². The third-order valence-corrected chi connectivity index (χ3v) is 3.02. The number of hydrogen-bond acceptors (Lipinski definition) is 2. The SMILES string of the molecule is N#Cc1c(Cl)cccc1Nc1cc(Cl)cc(Cl)c1. The number of rotatable bonds is 2. The highest BCUT2D eigenvalue weighted by atomic mass is 35.5. The maximum absolute atomic E-state index is 9.06. The molecule has 18 heavy (non-hydrogen) atoms. The zero-order valence-electron chi connectivity index (χ0n) is 9.05. The molecule has 2 aromatic carbocycles. The lowest BCUT2D eigenvalue weighted by Crippen LogP contribution is -1.94. The van der Waals surface area contributed by atoms with Gasteiger partial charge in [0.15, 0.2) is 0 Å². The van der Waals surface area contributed by atoms with E-state index in [0.29, 0.717) is 32.0 Å². The van der Waals surface area contributed by atoms with Gasteiger partial charge in [0.05, 0.1) is 16.3 Å². The van der Waals surface area contributed by atoms with Crippen molar-refractivity contribution in [2.75, 3.05) is 5.32 Å². The molecule has 90 valence electrons. The molecule has 0 aliphatic heterocycles. The van der Waals surface area contributed by atoms with Gasteiger partial charge < -0.3 is 5.32 Å². The summed E-state index contributed by atoms with van der Waals surface area (Å²) < 4.78 is 0.